The maximum Gasteiger partial charge on any atom is 0.341 e. The summed E-state index contributed by atoms with van der Waals surface area (Å²) in [4.78, 5) is 64.2. The number of rotatable bonds is 11. The van der Waals surface area contributed by atoms with Crippen LogP contribution in [0.25, 0.3) is 0 Å². The average molecular weight is 681 g/mol. The number of para-hydroxylation sites is 1. The summed E-state index contributed by atoms with van der Waals surface area (Å²) in [5, 5.41) is 18.8. The lowest BCUT2D eigenvalue weighted by molar-refractivity contribution is -0.384. The van der Waals surface area contributed by atoms with E-state index in [9.17, 15) is 29.3 Å². The lowest BCUT2D eigenvalue weighted by Crippen LogP contribution is -2.20. The summed E-state index contributed by atoms with van der Waals surface area (Å²) in [6.07, 6.45) is 0. The highest BCUT2D eigenvalue weighted by atomic mass is 32.2. The number of esters is 1. The van der Waals surface area contributed by atoms with Crippen LogP contribution in [-0.2, 0) is 9.53 Å². The Hall–Kier alpha value is -5.79. The summed E-state index contributed by atoms with van der Waals surface area (Å²) in [5.41, 5.74) is 2.27. The number of nitrogens with one attached hydrogen (secondary N) is 3. The topological polar surface area (TPSA) is 157 Å². The quantitative estimate of drug-likeness (QED) is 0.0554. The highest BCUT2D eigenvalue weighted by molar-refractivity contribution is 8.00. The summed E-state index contributed by atoms with van der Waals surface area (Å²) in [6.45, 7) is 1.62. The molecule has 0 aliphatic carbocycles. The zero-order valence-electron chi connectivity index (χ0n) is 25.6. The number of amides is 3. The molecule has 0 radical (unpaired) electrons. The van der Waals surface area contributed by atoms with Crippen LogP contribution in [0.15, 0.2) is 114 Å². The van der Waals surface area contributed by atoms with Crippen molar-refractivity contribution in [3.8, 4) is 0 Å². The minimum atomic E-state index is -0.804. The summed E-state index contributed by atoms with van der Waals surface area (Å²) in [7, 11) is 1.23. The number of anilines is 3. The summed E-state index contributed by atoms with van der Waals surface area (Å²) in [6, 6.07) is 30.1. The van der Waals surface area contributed by atoms with Crippen molar-refractivity contribution in [3.05, 3.63) is 146 Å². The van der Waals surface area contributed by atoms with Crippen LogP contribution < -0.4 is 16.0 Å². The number of non-ortho nitro benzene ring substituents is 1. The number of benzene rings is 4. The van der Waals surface area contributed by atoms with Gasteiger partial charge in [-0.2, -0.15) is 0 Å². The average Bonchev–Trinajstić information content (AvgIpc) is 3.42. The van der Waals surface area contributed by atoms with E-state index < -0.39 is 33.9 Å². The van der Waals surface area contributed by atoms with Gasteiger partial charge in [-0.3, -0.25) is 24.5 Å². The Labute approximate surface area is 283 Å². The van der Waals surface area contributed by atoms with Gasteiger partial charge < -0.3 is 20.7 Å². The smallest absolute Gasteiger partial charge is 0.341 e. The number of nitro groups is 1. The first-order valence-electron chi connectivity index (χ1n) is 14.4. The summed E-state index contributed by atoms with van der Waals surface area (Å²) < 4.78 is 5.00. The first-order valence-corrected chi connectivity index (χ1v) is 16.1. The largest absolute Gasteiger partial charge is 0.465 e. The molecule has 0 spiro atoms. The molecule has 4 aromatic carbocycles. The Kier molecular flexibility index (Phi) is 10.6. The molecular weight excluding hydrogens is 653 g/mol. The first-order chi connectivity index (χ1) is 23.1. The number of hydrogen-bond donors (Lipinski definition) is 3. The molecule has 1 unspecified atom stereocenters. The fourth-order valence-corrected chi connectivity index (χ4v) is 6.85. The number of nitro benzene ring substituents is 1. The Morgan fingerprint density at radius 3 is 2.06 bits per heavy atom. The fraction of sp³-hybridized carbons (Fsp3) is 0.0857. The van der Waals surface area contributed by atoms with Crippen LogP contribution in [0.5, 0.6) is 0 Å². The maximum absolute atomic E-state index is 14.0. The van der Waals surface area contributed by atoms with E-state index in [0.29, 0.717) is 27.4 Å². The van der Waals surface area contributed by atoms with Gasteiger partial charge in [0.25, 0.3) is 17.5 Å². The maximum atomic E-state index is 14.0. The Morgan fingerprint density at radius 1 is 0.792 bits per heavy atom. The van der Waals surface area contributed by atoms with E-state index in [1.54, 1.807) is 79.7 Å². The highest BCUT2D eigenvalue weighted by Crippen LogP contribution is 2.40. The van der Waals surface area contributed by atoms with E-state index in [2.05, 4.69) is 16.0 Å². The van der Waals surface area contributed by atoms with Gasteiger partial charge >= 0.3 is 5.97 Å². The van der Waals surface area contributed by atoms with Crippen LogP contribution in [0.2, 0.25) is 0 Å². The number of methoxy groups -OCH3 is 1. The van der Waals surface area contributed by atoms with Gasteiger partial charge in [0.1, 0.15) is 10.3 Å². The van der Waals surface area contributed by atoms with Gasteiger partial charge in [0.2, 0.25) is 5.91 Å². The molecule has 0 aliphatic heterocycles. The molecule has 5 rings (SSSR count). The Morgan fingerprint density at radius 2 is 1.42 bits per heavy atom. The molecule has 0 saturated heterocycles. The van der Waals surface area contributed by atoms with E-state index in [0.717, 1.165) is 11.3 Å². The van der Waals surface area contributed by atoms with Crippen LogP contribution in [0.3, 0.4) is 0 Å². The van der Waals surface area contributed by atoms with Gasteiger partial charge in [0.15, 0.2) is 0 Å². The van der Waals surface area contributed by atoms with E-state index in [1.165, 1.54) is 43.1 Å². The zero-order valence-corrected chi connectivity index (χ0v) is 27.2. The number of thioether (sulfide) groups is 1. The monoisotopic (exact) mass is 680 g/mol. The normalized spacial score (nSPS) is 11.2. The van der Waals surface area contributed by atoms with Gasteiger partial charge in [0, 0.05) is 34.0 Å². The Balaban J connectivity index is 1.39. The minimum absolute atomic E-state index is 0.0850. The summed E-state index contributed by atoms with van der Waals surface area (Å²) >= 11 is 2.20. The third-order valence-corrected chi connectivity index (χ3v) is 9.49. The van der Waals surface area contributed by atoms with Crippen LogP contribution >= 0.6 is 23.1 Å². The predicted molar refractivity (Wildman–Crippen MR) is 186 cm³/mol. The van der Waals surface area contributed by atoms with Crippen molar-refractivity contribution in [3.63, 3.8) is 0 Å². The first kappa shape index (κ1) is 33.6. The molecule has 13 heteroatoms. The zero-order chi connectivity index (χ0) is 34.2. The molecule has 0 aliphatic rings. The third-order valence-electron chi connectivity index (χ3n) is 7.04. The number of carbonyl (C=O) groups is 4. The van der Waals surface area contributed by atoms with E-state index in [1.807, 2.05) is 12.1 Å². The molecule has 1 atom stereocenters. The van der Waals surface area contributed by atoms with Crippen LogP contribution in [0, 0.1) is 17.0 Å². The number of nitrogens with zero attached hydrogens (tertiary/aromatic N) is 1. The van der Waals surface area contributed by atoms with E-state index in [4.69, 9.17) is 4.74 Å². The summed E-state index contributed by atoms with van der Waals surface area (Å²) in [5.74, 6) is -2.04. The highest BCUT2D eigenvalue weighted by Gasteiger charge is 2.29. The molecule has 5 aromatic rings. The molecule has 48 heavy (non-hydrogen) atoms. The third kappa shape index (κ3) is 7.94. The molecule has 0 saturated carbocycles. The van der Waals surface area contributed by atoms with E-state index in [-0.39, 0.29) is 26.7 Å². The molecule has 11 nitrogen and oxygen atoms in total. The molecule has 3 amide bonds. The second kappa shape index (κ2) is 15.2. The molecule has 1 aromatic heterocycles. The lowest BCUT2D eigenvalue weighted by Gasteiger charge is -2.18. The molecule has 0 fully saturated rings. The van der Waals surface area contributed by atoms with Gasteiger partial charge in [0.05, 0.1) is 22.5 Å². The second-order valence-electron chi connectivity index (χ2n) is 10.3. The predicted octanol–water partition coefficient (Wildman–Crippen LogP) is 7.73. The SMILES string of the molecule is COC(=O)c1c(NC(=O)C(Sc2cccc(NC(=O)c3ccc([N+](=O)[O-])cc3)c2)c2ccccc2)sc(C(=O)Nc2ccccc2)c1C. The van der Waals surface area contributed by atoms with Crippen molar-refractivity contribution in [2.45, 2.75) is 17.1 Å². The van der Waals surface area contributed by atoms with Crippen molar-refractivity contribution < 1.29 is 28.8 Å². The number of carbonyl (C=O) groups excluding carboxylic acids is 4. The van der Waals surface area contributed by atoms with Crippen molar-refractivity contribution in [2.75, 3.05) is 23.1 Å². The van der Waals surface area contributed by atoms with Crippen molar-refractivity contribution in [1.29, 1.82) is 0 Å². The van der Waals surface area contributed by atoms with Crippen molar-refractivity contribution in [2.24, 2.45) is 0 Å². The van der Waals surface area contributed by atoms with Crippen molar-refractivity contribution >= 4 is 68.9 Å². The van der Waals surface area contributed by atoms with Crippen LogP contribution in [0.1, 0.15) is 46.8 Å². The Bertz CT molecular complexity index is 1980. The molecule has 242 valence electrons. The minimum Gasteiger partial charge on any atom is -0.465 e. The van der Waals surface area contributed by atoms with Crippen molar-refractivity contribution in [1.82, 2.24) is 0 Å². The number of thiophene rings is 1. The van der Waals surface area contributed by atoms with Gasteiger partial charge in [-0.05, 0) is 60.5 Å². The molecule has 3 N–H and O–H groups in total. The van der Waals surface area contributed by atoms with Gasteiger partial charge in [-0.1, -0.05) is 54.6 Å². The van der Waals surface area contributed by atoms with Gasteiger partial charge in [-0.25, -0.2) is 4.79 Å². The fourth-order valence-electron chi connectivity index (χ4n) is 4.67. The van der Waals surface area contributed by atoms with Gasteiger partial charge in [-0.15, -0.1) is 23.1 Å². The number of hydrogen-bond acceptors (Lipinski definition) is 9. The molecule has 0 bridgehead atoms. The molecular formula is C35H28N4O7S2. The standard InChI is InChI=1S/C35H28N4O7S2/c1-21-28(35(43)46-2)34(48-29(21)32(41)36-24-12-7-4-8-13-24)38-33(42)30(22-10-5-3-6-11-22)47-27-15-9-14-25(20-27)37-31(40)23-16-18-26(19-17-23)39(44)45/h3-20,30H,1-2H3,(H,36,41)(H,37,40)(H,38,42). The second-order valence-corrected chi connectivity index (χ2v) is 12.5. The lowest BCUT2D eigenvalue weighted by atomic mass is 10.1. The van der Waals surface area contributed by atoms with Crippen LogP contribution in [0.4, 0.5) is 22.1 Å². The molecule has 1 heterocycles. The number of ether oxygens (including phenoxy) is 1. The van der Waals surface area contributed by atoms with E-state index >= 15 is 0 Å². The van der Waals surface area contributed by atoms with Crippen LogP contribution in [-0.4, -0.2) is 35.7 Å².